The predicted molar refractivity (Wildman–Crippen MR) is 107 cm³/mol. The van der Waals surface area contributed by atoms with Crippen LogP contribution in [0.1, 0.15) is 45.6 Å². The minimum absolute atomic E-state index is 0.196. The van der Waals surface area contributed by atoms with Crippen LogP contribution in [0.5, 0.6) is 5.75 Å². The lowest BCUT2D eigenvalue weighted by Crippen LogP contribution is -2.46. The number of ether oxygens (including phenoxy) is 1. The first-order chi connectivity index (χ1) is 13.3. The van der Waals surface area contributed by atoms with E-state index in [4.69, 9.17) is 4.74 Å². The molecule has 1 aliphatic rings. The van der Waals surface area contributed by atoms with Gasteiger partial charge in [0.1, 0.15) is 17.8 Å². The maximum absolute atomic E-state index is 12.9. The Morgan fingerprint density at radius 2 is 1.89 bits per heavy atom. The quantitative estimate of drug-likeness (QED) is 0.624. The minimum Gasteiger partial charge on any atom is -0.497 e. The maximum atomic E-state index is 12.9. The average Bonchev–Trinajstić information content (AvgIpc) is 2.91. The number of amides is 4. The van der Waals surface area contributed by atoms with Crippen molar-refractivity contribution in [1.82, 2.24) is 15.1 Å². The van der Waals surface area contributed by atoms with Gasteiger partial charge in [-0.25, -0.2) is 4.79 Å². The van der Waals surface area contributed by atoms with E-state index in [1.165, 1.54) is 0 Å². The summed E-state index contributed by atoms with van der Waals surface area (Å²) in [7, 11) is 1.61. The molecule has 28 heavy (non-hydrogen) atoms. The van der Waals surface area contributed by atoms with Crippen molar-refractivity contribution in [2.24, 2.45) is 0 Å². The van der Waals surface area contributed by atoms with Crippen molar-refractivity contribution in [3.05, 3.63) is 29.8 Å². The number of aryl methyl sites for hydroxylation is 1. The minimum atomic E-state index is -1.00. The molecule has 154 valence electrons. The van der Waals surface area contributed by atoms with Crippen LogP contribution in [0.4, 0.5) is 4.79 Å². The molecular formula is C21H31N3O4. The SMILES string of the molecule is CCCCN(CC)C(=O)CN1C(=O)N[C@](C)(CCc2ccc(OC)cc2)C1=O. The van der Waals surface area contributed by atoms with Gasteiger partial charge in [-0.3, -0.25) is 14.5 Å². The van der Waals surface area contributed by atoms with Crippen LogP contribution in [0.3, 0.4) is 0 Å². The lowest BCUT2D eigenvalue weighted by Gasteiger charge is -2.24. The third-order valence-electron chi connectivity index (χ3n) is 5.23. The van der Waals surface area contributed by atoms with Crippen LogP contribution in [0.2, 0.25) is 0 Å². The van der Waals surface area contributed by atoms with Crippen LogP contribution in [0.15, 0.2) is 24.3 Å². The molecule has 1 aromatic carbocycles. The van der Waals surface area contributed by atoms with Crippen molar-refractivity contribution < 1.29 is 19.1 Å². The summed E-state index contributed by atoms with van der Waals surface area (Å²) in [6.07, 6.45) is 2.98. The topological polar surface area (TPSA) is 79.0 Å². The normalized spacial score (nSPS) is 18.9. The number of nitrogens with one attached hydrogen (secondary N) is 1. The first-order valence-electron chi connectivity index (χ1n) is 9.89. The van der Waals surface area contributed by atoms with E-state index in [1.807, 2.05) is 31.2 Å². The predicted octanol–water partition coefficient (Wildman–Crippen LogP) is 2.59. The van der Waals surface area contributed by atoms with Crippen LogP contribution >= 0.6 is 0 Å². The molecule has 1 heterocycles. The van der Waals surface area contributed by atoms with Gasteiger partial charge in [0.25, 0.3) is 5.91 Å². The van der Waals surface area contributed by atoms with Gasteiger partial charge >= 0.3 is 6.03 Å². The van der Waals surface area contributed by atoms with Crippen LogP contribution in [0, 0.1) is 0 Å². The first-order valence-corrected chi connectivity index (χ1v) is 9.89. The summed E-state index contributed by atoms with van der Waals surface area (Å²) in [5.41, 5.74) is 0.0490. The highest BCUT2D eigenvalue weighted by Gasteiger charge is 2.48. The molecule has 4 amide bonds. The van der Waals surface area contributed by atoms with Gasteiger partial charge < -0.3 is 15.0 Å². The second-order valence-corrected chi connectivity index (χ2v) is 7.33. The third-order valence-corrected chi connectivity index (χ3v) is 5.23. The van der Waals surface area contributed by atoms with E-state index >= 15 is 0 Å². The molecule has 0 bridgehead atoms. The first kappa shape index (κ1) is 21.7. The Morgan fingerprint density at radius 1 is 1.21 bits per heavy atom. The fraction of sp³-hybridized carbons (Fsp3) is 0.571. The number of nitrogens with zero attached hydrogens (tertiary/aromatic N) is 2. The summed E-state index contributed by atoms with van der Waals surface area (Å²) in [5.74, 6) is 0.234. The second kappa shape index (κ2) is 9.57. The number of carbonyl (C=O) groups excluding carboxylic acids is 3. The van der Waals surface area contributed by atoms with E-state index in [0.29, 0.717) is 25.9 Å². The number of methoxy groups -OCH3 is 1. The average molecular weight is 389 g/mol. The van der Waals surface area contributed by atoms with E-state index in [0.717, 1.165) is 29.1 Å². The van der Waals surface area contributed by atoms with Crippen molar-refractivity contribution in [2.45, 2.75) is 52.0 Å². The van der Waals surface area contributed by atoms with Crippen molar-refractivity contribution >= 4 is 17.8 Å². The van der Waals surface area contributed by atoms with Crippen molar-refractivity contribution in [2.75, 3.05) is 26.7 Å². The molecule has 1 aliphatic heterocycles. The summed E-state index contributed by atoms with van der Waals surface area (Å²) in [6.45, 7) is 6.68. The summed E-state index contributed by atoms with van der Waals surface area (Å²) in [5, 5.41) is 2.77. The van der Waals surface area contributed by atoms with Crippen molar-refractivity contribution in [3.8, 4) is 5.75 Å². The molecule has 1 atom stereocenters. The summed E-state index contributed by atoms with van der Waals surface area (Å²) in [4.78, 5) is 40.5. The lowest BCUT2D eigenvalue weighted by molar-refractivity contribution is -0.138. The van der Waals surface area contributed by atoms with Crippen LogP contribution < -0.4 is 10.1 Å². The number of urea groups is 1. The molecule has 0 unspecified atom stereocenters. The highest BCUT2D eigenvalue weighted by Crippen LogP contribution is 2.24. The van der Waals surface area contributed by atoms with Crippen molar-refractivity contribution in [1.29, 1.82) is 0 Å². The zero-order valence-electron chi connectivity index (χ0n) is 17.3. The molecule has 1 aromatic rings. The van der Waals surface area contributed by atoms with Gasteiger partial charge in [-0.1, -0.05) is 25.5 Å². The molecule has 1 N–H and O–H groups in total. The van der Waals surface area contributed by atoms with Gasteiger partial charge in [0, 0.05) is 13.1 Å². The number of unbranched alkanes of at least 4 members (excludes halogenated alkanes) is 1. The van der Waals surface area contributed by atoms with Gasteiger partial charge in [-0.05, 0) is 50.8 Å². The molecule has 7 nitrogen and oxygen atoms in total. The van der Waals surface area contributed by atoms with Gasteiger partial charge in [-0.2, -0.15) is 0 Å². The number of imide groups is 1. The molecule has 0 radical (unpaired) electrons. The summed E-state index contributed by atoms with van der Waals surface area (Å²) >= 11 is 0. The third kappa shape index (κ3) is 5.03. The molecule has 1 saturated heterocycles. The molecule has 2 rings (SSSR count). The smallest absolute Gasteiger partial charge is 0.325 e. The maximum Gasteiger partial charge on any atom is 0.325 e. The Hall–Kier alpha value is -2.57. The number of likely N-dealkylation sites (N-methyl/N-ethyl adjacent to an activating group) is 1. The Bertz CT molecular complexity index is 704. The number of benzene rings is 1. The largest absolute Gasteiger partial charge is 0.497 e. The molecule has 0 saturated carbocycles. The number of hydrogen-bond acceptors (Lipinski definition) is 4. The molecule has 1 fully saturated rings. The van der Waals surface area contributed by atoms with Crippen LogP contribution in [0.25, 0.3) is 0 Å². The highest BCUT2D eigenvalue weighted by molar-refractivity contribution is 6.08. The molecule has 0 aliphatic carbocycles. The van der Waals surface area contributed by atoms with E-state index in [9.17, 15) is 14.4 Å². The van der Waals surface area contributed by atoms with Gasteiger partial charge in [0.15, 0.2) is 0 Å². The van der Waals surface area contributed by atoms with Crippen LogP contribution in [-0.2, 0) is 16.0 Å². The van der Waals surface area contributed by atoms with Gasteiger partial charge in [-0.15, -0.1) is 0 Å². The van der Waals surface area contributed by atoms with E-state index in [1.54, 1.807) is 18.9 Å². The Balaban J connectivity index is 1.99. The van der Waals surface area contributed by atoms with Gasteiger partial charge in [0.05, 0.1) is 7.11 Å². The molecule has 0 spiro atoms. The van der Waals surface area contributed by atoms with E-state index < -0.39 is 11.6 Å². The number of rotatable bonds is 10. The molecule has 0 aromatic heterocycles. The zero-order valence-corrected chi connectivity index (χ0v) is 17.3. The van der Waals surface area contributed by atoms with Gasteiger partial charge in [0.2, 0.25) is 5.91 Å². The highest BCUT2D eigenvalue weighted by atomic mass is 16.5. The fourth-order valence-electron chi connectivity index (χ4n) is 3.29. The Kier molecular flexibility index (Phi) is 7.43. The zero-order chi connectivity index (χ0) is 20.7. The van der Waals surface area contributed by atoms with Crippen LogP contribution in [-0.4, -0.2) is 59.9 Å². The fourth-order valence-corrected chi connectivity index (χ4v) is 3.29. The van der Waals surface area contributed by atoms with E-state index in [2.05, 4.69) is 12.2 Å². The standard InChI is InChI=1S/C21H31N3O4/c1-5-7-14-23(6-2)18(25)15-24-19(26)21(3,22-20(24)27)13-12-16-8-10-17(28-4)11-9-16/h8-11H,5-7,12-15H2,1-4H3,(H,22,27)/t21-/m1/s1. The van der Waals surface area contributed by atoms with E-state index in [-0.39, 0.29) is 18.4 Å². The molecular weight excluding hydrogens is 358 g/mol. The molecule has 7 heteroatoms. The monoisotopic (exact) mass is 389 g/mol. The number of carbonyl (C=O) groups is 3. The second-order valence-electron chi connectivity index (χ2n) is 7.33. The Morgan fingerprint density at radius 3 is 2.46 bits per heavy atom. The Labute approximate surface area is 167 Å². The number of hydrogen-bond donors (Lipinski definition) is 1. The summed E-state index contributed by atoms with van der Waals surface area (Å²) < 4.78 is 5.15. The van der Waals surface area contributed by atoms with Crippen molar-refractivity contribution in [3.63, 3.8) is 0 Å². The lowest BCUT2D eigenvalue weighted by atomic mass is 9.93. The summed E-state index contributed by atoms with van der Waals surface area (Å²) in [6, 6.07) is 7.12.